The second kappa shape index (κ2) is 19.3. The minimum Gasteiger partial charge on any atom is -0.370 e. The lowest BCUT2D eigenvalue weighted by Gasteiger charge is -2.32. The number of aromatic nitrogens is 2. The standard InChI is InChI=1S/C31H52N12O6/c1-3-18(2)25-29(48)40-21(8-4-5-11-32)30(49)43-13-7-10-23(43)28(47)41-22(14-19-15-35-17-38-19)26(45)37-16-24(44)39-20(27(46)42-25)9-6-12-36-31(33)34/h15,17-18,20-23,25H,3-14,16,32H2,1-2H3,(H,35,38)(H,37,45)(H,39,44)(H,40,48)(H,41,47)(H,42,46)(H4,33,34,36)/t18-,20-,21-,22-,23-,25-/m0/s1. The molecule has 6 amide bonds. The van der Waals surface area contributed by atoms with Crippen molar-refractivity contribution in [2.45, 2.75) is 102 Å². The van der Waals surface area contributed by atoms with Gasteiger partial charge in [0.1, 0.15) is 30.2 Å². The van der Waals surface area contributed by atoms with Crippen molar-refractivity contribution >= 4 is 41.4 Å². The Balaban J connectivity index is 1.98. The summed E-state index contributed by atoms with van der Waals surface area (Å²) in [7, 11) is 0. The number of H-pyrrole nitrogens is 1. The predicted molar refractivity (Wildman–Crippen MR) is 180 cm³/mol. The second-order valence-corrected chi connectivity index (χ2v) is 12.5. The summed E-state index contributed by atoms with van der Waals surface area (Å²) < 4.78 is 0. The third-order valence-corrected chi connectivity index (χ3v) is 8.83. The number of hydrogen-bond donors (Lipinski definition) is 9. The molecule has 0 aromatic carbocycles. The second-order valence-electron chi connectivity index (χ2n) is 12.5. The van der Waals surface area contributed by atoms with Crippen LogP contribution in [-0.4, -0.2) is 113 Å². The summed E-state index contributed by atoms with van der Waals surface area (Å²) in [5.74, 6) is -3.93. The summed E-state index contributed by atoms with van der Waals surface area (Å²) in [6.07, 6.45) is 6.24. The van der Waals surface area contributed by atoms with Gasteiger partial charge in [0, 0.05) is 31.4 Å². The van der Waals surface area contributed by atoms with Crippen molar-refractivity contribution in [1.29, 1.82) is 0 Å². The maximum absolute atomic E-state index is 14.0. The fourth-order valence-corrected chi connectivity index (χ4v) is 5.87. The Morgan fingerprint density at radius 1 is 0.939 bits per heavy atom. The summed E-state index contributed by atoms with van der Waals surface area (Å²) in [5.41, 5.74) is 17.1. The van der Waals surface area contributed by atoms with Crippen LogP contribution in [0.2, 0.25) is 0 Å². The molecular formula is C31H52N12O6. The Hall–Kier alpha value is -4.74. The Labute approximate surface area is 285 Å². The number of fused-ring (bicyclic) bond motifs is 1. The van der Waals surface area contributed by atoms with Gasteiger partial charge < -0.3 is 53.7 Å². The van der Waals surface area contributed by atoms with Crippen LogP contribution < -0.4 is 43.8 Å². The van der Waals surface area contributed by atoms with Gasteiger partial charge in [-0.3, -0.25) is 33.8 Å². The zero-order valence-corrected chi connectivity index (χ0v) is 28.3. The van der Waals surface area contributed by atoms with Gasteiger partial charge in [0.25, 0.3) is 0 Å². The van der Waals surface area contributed by atoms with Gasteiger partial charge in [0.05, 0.1) is 12.9 Å². The number of guanidine groups is 1. The number of unbranched alkanes of at least 4 members (excludes halogenated alkanes) is 1. The van der Waals surface area contributed by atoms with Gasteiger partial charge in [-0.05, 0) is 57.4 Å². The number of carbonyl (C=O) groups is 6. The SMILES string of the molecule is CC[C@H](C)[C@@H]1NC(=O)[C@H](CCCN=C(N)N)NC(=O)CNC(=O)[C@H](Cc2cnc[nH]2)NC(=O)[C@@H]2CCCN2C(=O)[C@H](CCCCN)NC1=O. The highest BCUT2D eigenvalue weighted by Crippen LogP contribution is 2.21. The van der Waals surface area contributed by atoms with Crippen molar-refractivity contribution in [3.63, 3.8) is 0 Å². The van der Waals surface area contributed by atoms with E-state index in [9.17, 15) is 28.8 Å². The number of aromatic amines is 1. The van der Waals surface area contributed by atoms with E-state index in [1.165, 1.54) is 17.4 Å². The van der Waals surface area contributed by atoms with E-state index in [4.69, 9.17) is 17.2 Å². The fourth-order valence-electron chi connectivity index (χ4n) is 5.87. The quantitative estimate of drug-likeness (QED) is 0.0619. The highest BCUT2D eigenvalue weighted by molar-refractivity contribution is 5.98. The number of hydrogen-bond acceptors (Lipinski definition) is 9. The molecule has 1 aromatic rings. The Kier molecular flexibility index (Phi) is 15.2. The van der Waals surface area contributed by atoms with Crippen molar-refractivity contribution in [2.24, 2.45) is 28.1 Å². The van der Waals surface area contributed by atoms with Crippen LogP contribution in [0.25, 0.3) is 0 Å². The Bertz CT molecular complexity index is 1320. The van der Waals surface area contributed by atoms with Crippen LogP contribution in [0.5, 0.6) is 0 Å². The van der Waals surface area contributed by atoms with Crippen LogP contribution in [0.1, 0.15) is 70.9 Å². The first-order chi connectivity index (χ1) is 23.4. The summed E-state index contributed by atoms with van der Waals surface area (Å²) in [6, 6.07) is -5.14. The fraction of sp³-hybridized carbons (Fsp3) is 0.677. The molecule has 0 spiro atoms. The lowest BCUT2D eigenvalue weighted by molar-refractivity contribution is -0.143. The molecule has 0 radical (unpaired) electrons. The molecule has 18 nitrogen and oxygen atoms in total. The molecule has 0 saturated carbocycles. The lowest BCUT2D eigenvalue weighted by Crippen LogP contribution is -2.61. The first-order valence-corrected chi connectivity index (χ1v) is 17.0. The van der Waals surface area contributed by atoms with E-state index in [0.717, 1.165) is 0 Å². The number of nitrogens with one attached hydrogen (secondary N) is 6. The smallest absolute Gasteiger partial charge is 0.245 e. The van der Waals surface area contributed by atoms with Crippen molar-refractivity contribution in [2.75, 3.05) is 26.2 Å². The van der Waals surface area contributed by atoms with E-state index < -0.39 is 72.2 Å². The maximum Gasteiger partial charge on any atom is 0.245 e. The van der Waals surface area contributed by atoms with Crippen LogP contribution in [0.15, 0.2) is 17.5 Å². The summed E-state index contributed by atoms with van der Waals surface area (Å²) in [4.78, 5) is 94.0. The van der Waals surface area contributed by atoms with E-state index in [2.05, 4.69) is 41.5 Å². The van der Waals surface area contributed by atoms with Gasteiger partial charge in [-0.2, -0.15) is 0 Å². The molecule has 0 aliphatic carbocycles. The normalized spacial score (nSPS) is 25.1. The van der Waals surface area contributed by atoms with E-state index in [0.29, 0.717) is 50.8 Å². The number of nitrogens with zero attached hydrogens (tertiary/aromatic N) is 3. The minimum absolute atomic E-state index is 0.0322. The highest BCUT2D eigenvalue weighted by Gasteiger charge is 2.40. The average Bonchev–Trinajstić information content (AvgIpc) is 3.78. The molecule has 2 fully saturated rings. The molecule has 18 heteroatoms. The molecule has 1 aromatic heterocycles. The number of imidazole rings is 1. The molecule has 3 heterocycles. The largest absolute Gasteiger partial charge is 0.370 e. The van der Waals surface area contributed by atoms with Crippen molar-refractivity contribution in [3.05, 3.63) is 18.2 Å². The van der Waals surface area contributed by atoms with Gasteiger partial charge >= 0.3 is 0 Å². The zero-order chi connectivity index (χ0) is 35.9. The minimum atomic E-state index is -1.12. The Morgan fingerprint density at radius 2 is 1.67 bits per heavy atom. The maximum atomic E-state index is 14.0. The van der Waals surface area contributed by atoms with Crippen LogP contribution in [0.4, 0.5) is 0 Å². The van der Waals surface area contributed by atoms with Crippen molar-refractivity contribution in [3.8, 4) is 0 Å². The van der Waals surface area contributed by atoms with Gasteiger partial charge in [-0.1, -0.05) is 20.3 Å². The number of nitrogens with two attached hydrogens (primary N) is 3. The van der Waals surface area contributed by atoms with Crippen LogP contribution in [-0.2, 0) is 35.2 Å². The van der Waals surface area contributed by atoms with Gasteiger partial charge in [0.15, 0.2) is 5.96 Å². The molecule has 49 heavy (non-hydrogen) atoms. The van der Waals surface area contributed by atoms with Crippen molar-refractivity contribution in [1.82, 2.24) is 41.5 Å². The van der Waals surface area contributed by atoms with Crippen LogP contribution in [0.3, 0.4) is 0 Å². The lowest BCUT2D eigenvalue weighted by atomic mass is 9.96. The molecule has 2 saturated heterocycles. The van der Waals surface area contributed by atoms with Crippen LogP contribution in [0, 0.1) is 5.92 Å². The highest BCUT2D eigenvalue weighted by atomic mass is 16.2. The molecular weight excluding hydrogens is 636 g/mol. The molecule has 0 bridgehead atoms. The average molecular weight is 689 g/mol. The van der Waals surface area contributed by atoms with Gasteiger partial charge in [-0.25, -0.2) is 4.98 Å². The third kappa shape index (κ3) is 11.7. The number of rotatable bonds is 12. The van der Waals surface area contributed by atoms with Gasteiger partial charge in [0.2, 0.25) is 35.4 Å². The number of aliphatic imine (C=N–C) groups is 1. The van der Waals surface area contributed by atoms with E-state index in [1.807, 2.05) is 6.92 Å². The zero-order valence-electron chi connectivity index (χ0n) is 28.3. The molecule has 2 aliphatic heterocycles. The predicted octanol–water partition coefficient (Wildman–Crippen LogP) is -2.76. The first-order valence-electron chi connectivity index (χ1n) is 17.0. The van der Waals surface area contributed by atoms with E-state index in [1.54, 1.807) is 6.92 Å². The van der Waals surface area contributed by atoms with Crippen LogP contribution >= 0.6 is 0 Å². The summed E-state index contributed by atoms with van der Waals surface area (Å²) in [6.45, 7) is 4.02. The Morgan fingerprint density at radius 3 is 2.35 bits per heavy atom. The van der Waals surface area contributed by atoms with Gasteiger partial charge in [-0.15, -0.1) is 0 Å². The molecule has 272 valence electrons. The molecule has 0 unspecified atom stereocenters. The summed E-state index contributed by atoms with van der Waals surface area (Å²) >= 11 is 0. The third-order valence-electron chi connectivity index (χ3n) is 8.83. The van der Waals surface area contributed by atoms with Crippen molar-refractivity contribution < 1.29 is 28.8 Å². The molecule has 12 N–H and O–H groups in total. The monoisotopic (exact) mass is 688 g/mol. The topological polar surface area (TPSA) is 285 Å². The first kappa shape index (κ1) is 38.7. The molecule has 2 aliphatic rings. The van der Waals surface area contributed by atoms with E-state index >= 15 is 0 Å². The molecule has 3 rings (SSSR count). The molecule has 6 atom stereocenters. The van der Waals surface area contributed by atoms with E-state index in [-0.39, 0.29) is 44.2 Å². The number of amides is 6. The number of carbonyl (C=O) groups excluding carboxylic acids is 6. The summed E-state index contributed by atoms with van der Waals surface area (Å²) in [5, 5.41) is 13.6.